The predicted octanol–water partition coefficient (Wildman–Crippen LogP) is 4.23. The zero-order valence-corrected chi connectivity index (χ0v) is 14.4. The number of anilines is 2. The van der Waals surface area contributed by atoms with Crippen molar-refractivity contribution in [2.24, 2.45) is 5.73 Å². The van der Waals surface area contributed by atoms with Gasteiger partial charge in [-0.15, -0.1) is 34.4 Å². The Morgan fingerprint density at radius 2 is 2.17 bits per heavy atom. The number of nitrogens with zero attached hydrogens (tertiary/aromatic N) is 1. The SMILES string of the molecule is N=C(N)c1cc(SCc2csc(Nc3cccc(O)c3)n2)cs1. The number of benzene rings is 1. The van der Waals surface area contributed by atoms with Crippen LogP contribution in [0.1, 0.15) is 10.6 Å². The lowest BCUT2D eigenvalue weighted by atomic mass is 10.3. The maximum Gasteiger partial charge on any atom is 0.187 e. The standard InChI is InChI=1S/C15H14N4OS3/c16-14(17)13-5-12(8-22-13)21-6-10-7-23-15(19-10)18-9-2-1-3-11(20)4-9/h1-5,7-8,20H,6H2,(H3,16,17)(H,18,19). The van der Waals surface area contributed by atoms with Crippen LogP contribution >= 0.6 is 34.4 Å². The van der Waals surface area contributed by atoms with Gasteiger partial charge in [0.25, 0.3) is 0 Å². The van der Waals surface area contributed by atoms with Crippen molar-refractivity contribution in [3.8, 4) is 5.75 Å². The molecule has 0 aliphatic heterocycles. The Bertz CT molecular complexity index is 828. The summed E-state index contributed by atoms with van der Waals surface area (Å²) in [4.78, 5) is 6.42. The third-order valence-corrected chi connectivity index (χ3v) is 5.81. The van der Waals surface area contributed by atoms with E-state index in [0.29, 0.717) is 0 Å². The minimum absolute atomic E-state index is 0.105. The minimum atomic E-state index is 0.105. The van der Waals surface area contributed by atoms with Crippen molar-refractivity contribution in [2.75, 3.05) is 5.32 Å². The molecule has 23 heavy (non-hydrogen) atoms. The Labute approximate surface area is 145 Å². The molecule has 0 saturated heterocycles. The van der Waals surface area contributed by atoms with Crippen LogP contribution in [0, 0.1) is 5.41 Å². The van der Waals surface area contributed by atoms with Gasteiger partial charge in [0.2, 0.25) is 0 Å². The smallest absolute Gasteiger partial charge is 0.187 e. The number of amidine groups is 1. The van der Waals surface area contributed by atoms with Crippen molar-refractivity contribution in [3.05, 3.63) is 51.7 Å². The molecule has 8 heteroatoms. The second kappa shape index (κ2) is 7.03. The van der Waals surface area contributed by atoms with E-state index in [-0.39, 0.29) is 11.6 Å². The fourth-order valence-electron chi connectivity index (χ4n) is 1.83. The van der Waals surface area contributed by atoms with Crippen LogP contribution in [0.4, 0.5) is 10.8 Å². The number of phenolic OH excluding ortho intramolecular Hbond substituents is 1. The number of nitrogens with one attached hydrogen (secondary N) is 2. The first-order valence-electron chi connectivity index (χ1n) is 6.66. The highest BCUT2D eigenvalue weighted by Gasteiger charge is 2.06. The Kier molecular flexibility index (Phi) is 4.85. The number of aromatic hydroxyl groups is 1. The molecule has 1 aromatic carbocycles. The molecule has 118 valence electrons. The number of thioether (sulfide) groups is 1. The lowest BCUT2D eigenvalue weighted by Gasteiger charge is -2.02. The van der Waals surface area contributed by atoms with Crippen molar-refractivity contribution in [3.63, 3.8) is 0 Å². The van der Waals surface area contributed by atoms with Gasteiger partial charge in [-0.05, 0) is 18.2 Å². The number of thiophene rings is 1. The third-order valence-electron chi connectivity index (χ3n) is 2.88. The molecule has 3 aromatic rings. The van der Waals surface area contributed by atoms with Crippen molar-refractivity contribution in [1.29, 1.82) is 5.41 Å². The van der Waals surface area contributed by atoms with Crippen molar-refractivity contribution >= 4 is 51.1 Å². The Morgan fingerprint density at radius 1 is 1.30 bits per heavy atom. The van der Waals surface area contributed by atoms with Crippen LogP contribution in [-0.4, -0.2) is 15.9 Å². The summed E-state index contributed by atoms with van der Waals surface area (Å²) in [6.07, 6.45) is 0. The molecule has 0 bridgehead atoms. The van der Waals surface area contributed by atoms with E-state index in [1.807, 2.05) is 22.9 Å². The molecule has 0 fully saturated rings. The monoisotopic (exact) mass is 362 g/mol. The maximum absolute atomic E-state index is 9.46. The van der Waals surface area contributed by atoms with Crippen LogP contribution in [0.25, 0.3) is 0 Å². The van der Waals surface area contributed by atoms with Gasteiger partial charge < -0.3 is 16.2 Å². The van der Waals surface area contributed by atoms with E-state index in [1.54, 1.807) is 30.0 Å². The molecule has 2 aromatic heterocycles. The van der Waals surface area contributed by atoms with Gasteiger partial charge in [0.1, 0.15) is 11.6 Å². The second-order valence-corrected chi connectivity index (χ2v) is 7.49. The van der Waals surface area contributed by atoms with Crippen molar-refractivity contribution in [1.82, 2.24) is 4.98 Å². The summed E-state index contributed by atoms with van der Waals surface area (Å²) in [6, 6.07) is 8.88. The Hall–Kier alpha value is -2.03. The summed E-state index contributed by atoms with van der Waals surface area (Å²) in [5.74, 6) is 1.08. The van der Waals surface area contributed by atoms with Gasteiger partial charge >= 0.3 is 0 Å². The fourth-order valence-corrected chi connectivity index (χ4v) is 4.45. The quantitative estimate of drug-likeness (QED) is 0.299. The molecule has 0 radical (unpaired) electrons. The van der Waals surface area contributed by atoms with Crippen LogP contribution in [0.3, 0.4) is 0 Å². The number of nitrogens with two attached hydrogens (primary N) is 1. The third kappa shape index (κ3) is 4.25. The normalized spacial score (nSPS) is 10.6. The first-order valence-corrected chi connectivity index (χ1v) is 9.41. The van der Waals surface area contributed by atoms with Crippen molar-refractivity contribution in [2.45, 2.75) is 10.6 Å². The van der Waals surface area contributed by atoms with Crippen LogP contribution in [0.15, 0.2) is 46.0 Å². The predicted molar refractivity (Wildman–Crippen MR) is 98.4 cm³/mol. The van der Waals surface area contributed by atoms with Crippen molar-refractivity contribution < 1.29 is 5.11 Å². The molecule has 5 N–H and O–H groups in total. The number of rotatable bonds is 6. The van der Waals surface area contributed by atoms with E-state index in [9.17, 15) is 5.11 Å². The summed E-state index contributed by atoms with van der Waals surface area (Å²) in [7, 11) is 0. The molecule has 0 amide bonds. The highest BCUT2D eigenvalue weighted by atomic mass is 32.2. The van der Waals surface area contributed by atoms with Gasteiger partial charge in [0.15, 0.2) is 5.13 Å². The number of hydrogen-bond donors (Lipinski definition) is 4. The first kappa shape index (κ1) is 15.9. The molecule has 0 atom stereocenters. The molecule has 2 heterocycles. The number of aromatic nitrogens is 1. The van der Waals surface area contributed by atoms with Crippen LogP contribution in [0.5, 0.6) is 5.75 Å². The number of nitrogen functional groups attached to an aromatic ring is 1. The number of thiazole rings is 1. The summed E-state index contributed by atoms with van der Waals surface area (Å²) >= 11 is 4.67. The van der Waals surface area contributed by atoms with Gasteiger partial charge in [-0.1, -0.05) is 6.07 Å². The lowest BCUT2D eigenvalue weighted by Crippen LogP contribution is -2.08. The summed E-state index contributed by atoms with van der Waals surface area (Å²) in [5, 5.41) is 24.9. The molecule has 5 nitrogen and oxygen atoms in total. The largest absolute Gasteiger partial charge is 0.508 e. The van der Waals surface area contributed by atoms with Crippen LogP contribution in [0.2, 0.25) is 0 Å². The van der Waals surface area contributed by atoms with Gasteiger partial charge in [0.05, 0.1) is 10.6 Å². The van der Waals surface area contributed by atoms with Gasteiger partial charge in [-0.3, -0.25) is 5.41 Å². The topological polar surface area (TPSA) is 95.0 Å². The lowest BCUT2D eigenvalue weighted by molar-refractivity contribution is 0.475. The molecule has 0 spiro atoms. The summed E-state index contributed by atoms with van der Waals surface area (Å²) < 4.78 is 0. The fraction of sp³-hybridized carbons (Fsp3) is 0.0667. The summed E-state index contributed by atoms with van der Waals surface area (Å²) in [5.41, 5.74) is 7.26. The molecular formula is C15H14N4OS3. The average Bonchev–Trinajstić information content (AvgIpc) is 3.14. The molecule has 0 aliphatic carbocycles. The highest BCUT2D eigenvalue weighted by molar-refractivity contribution is 7.98. The Balaban J connectivity index is 1.59. The Morgan fingerprint density at radius 3 is 2.91 bits per heavy atom. The zero-order chi connectivity index (χ0) is 16.2. The van der Waals surface area contributed by atoms with E-state index in [2.05, 4.69) is 10.3 Å². The van der Waals surface area contributed by atoms with Gasteiger partial charge in [-0.2, -0.15) is 0 Å². The zero-order valence-electron chi connectivity index (χ0n) is 11.9. The second-order valence-electron chi connectivity index (χ2n) is 4.67. The van der Waals surface area contributed by atoms with E-state index < -0.39 is 0 Å². The van der Waals surface area contributed by atoms with E-state index in [0.717, 1.165) is 32.0 Å². The van der Waals surface area contributed by atoms with E-state index >= 15 is 0 Å². The van der Waals surface area contributed by atoms with Crippen LogP contribution in [-0.2, 0) is 5.75 Å². The highest BCUT2D eigenvalue weighted by Crippen LogP contribution is 2.29. The minimum Gasteiger partial charge on any atom is -0.508 e. The molecule has 0 saturated carbocycles. The number of hydrogen-bond acceptors (Lipinski definition) is 7. The molecular weight excluding hydrogens is 348 g/mol. The van der Waals surface area contributed by atoms with Crippen LogP contribution < -0.4 is 11.1 Å². The van der Waals surface area contributed by atoms with E-state index in [1.165, 1.54) is 22.7 Å². The van der Waals surface area contributed by atoms with Gasteiger partial charge in [-0.25, -0.2) is 4.98 Å². The van der Waals surface area contributed by atoms with E-state index in [4.69, 9.17) is 11.1 Å². The molecule has 0 unspecified atom stereocenters. The maximum atomic E-state index is 9.46. The molecule has 0 aliphatic rings. The number of phenols is 1. The first-order chi connectivity index (χ1) is 11.1. The summed E-state index contributed by atoms with van der Waals surface area (Å²) in [6.45, 7) is 0. The van der Waals surface area contributed by atoms with Gasteiger partial charge in [0, 0.05) is 33.2 Å². The molecule has 3 rings (SSSR count). The average molecular weight is 363 g/mol.